The maximum Gasteiger partial charge on any atom is 0.343 e. The van der Waals surface area contributed by atoms with Crippen molar-refractivity contribution >= 4 is 5.97 Å². The Morgan fingerprint density at radius 1 is 1.07 bits per heavy atom. The number of carbonyl (C=O) groups is 1. The number of esters is 1. The van der Waals surface area contributed by atoms with Gasteiger partial charge in [-0.1, -0.05) is 64.0 Å². The molecule has 1 unspecified atom stereocenters. The second-order valence-electron chi connectivity index (χ2n) is 8.48. The van der Waals surface area contributed by atoms with Gasteiger partial charge in [0.2, 0.25) is 0 Å². The van der Waals surface area contributed by atoms with Crippen LogP contribution in [-0.2, 0) is 22.4 Å². The second-order valence-corrected chi connectivity index (χ2v) is 8.48. The highest BCUT2D eigenvalue weighted by molar-refractivity contribution is 5.71. The zero-order chi connectivity index (χ0) is 19.1. The summed E-state index contributed by atoms with van der Waals surface area (Å²) in [5, 5.41) is 0. The highest BCUT2D eigenvalue weighted by Crippen LogP contribution is 2.48. The van der Waals surface area contributed by atoms with Gasteiger partial charge in [-0.15, -0.1) is 0 Å². The zero-order valence-corrected chi connectivity index (χ0v) is 17.2. The summed E-state index contributed by atoms with van der Waals surface area (Å²) in [6, 6.07) is 6.34. The van der Waals surface area contributed by atoms with Crippen molar-refractivity contribution in [1.82, 2.24) is 0 Å². The van der Waals surface area contributed by atoms with E-state index in [-0.39, 0.29) is 12.6 Å². The molecule has 0 spiro atoms. The fraction of sp³-hybridized carbons (Fsp3) is 0.708. The Hall–Kier alpha value is -1.51. The minimum Gasteiger partial charge on any atom is -0.482 e. The number of methoxy groups -OCH3 is 1. The standard InChI is InChI=1S/C24H36O3/c1-3-4-5-6-7-8-10-18-13-14-20-16-22-19(15-21(18)20)11-9-12-23(22)27-17-24(25)26-2/h9,11-12,18,20-21H,3-8,10,13-17H2,1-2H3/t18?,20-,21-/m1/s1. The van der Waals surface area contributed by atoms with Crippen LogP contribution in [0.5, 0.6) is 5.75 Å². The summed E-state index contributed by atoms with van der Waals surface area (Å²) in [6.07, 6.45) is 14.9. The summed E-state index contributed by atoms with van der Waals surface area (Å²) in [7, 11) is 1.40. The Balaban J connectivity index is 1.54. The highest BCUT2D eigenvalue weighted by Gasteiger charge is 2.39. The SMILES string of the molecule is CCCCCCCCC1CC[C@@H]2Cc3c(cccc3OCC(=O)OC)C[C@H]12. The molecule has 0 amide bonds. The van der Waals surface area contributed by atoms with Crippen molar-refractivity contribution in [1.29, 1.82) is 0 Å². The number of hydrogen-bond acceptors (Lipinski definition) is 3. The molecule has 3 atom stereocenters. The molecule has 2 aliphatic rings. The molecule has 3 heteroatoms. The number of ether oxygens (including phenoxy) is 2. The van der Waals surface area contributed by atoms with Crippen molar-refractivity contribution in [3.63, 3.8) is 0 Å². The van der Waals surface area contributed by atoms with Crippen molar-refractivity contribution < 1.29 is 14.3 Å². The molecular formula is C24H36O3. The molecule has 0 bridgehead atoms. The fourth-order valence-electron chi connectivity index (χ4n) is 5.25. The number of rotatable bonds is 10. The van der Waals surface area contributed by atoms with Crippen LogP contribution in [0.3, 0.4) is 0 Å². The molecule has 2 aliphatic carbocycles. The molecule has 0 N–H and O–H groups in total. The fourth-order valence-corrected chi connectivity index (χ4v) is 5.25. The van der Waals surface area contributed by atoms with Gasteiger partial charge in [0.1, 0.15) is 5.75 Å². The number of fused-ring (bicyclic) bond motifs is 2. The van der Waals surface area contributed by atoms with E-state index in [1.807, 2.05) is 6.07 Å². The van der Waals surface area contributed by atoms with Gasteiger partial charge in [-0.3, -0.25) is 0 Å². The van der Waals surface area contributed by atoms with Crippen LogP contribution in [0, 0.1) is 17.8 Å². The van der Waals surface area contributed by atoms with E-state index in [4.69, 9.17) is 9.47 Å². The number of unbranched alkanes of at least 4 members (excludes halogenated alkanes) is 5. The van der Waals surface area contributed by atoms with Crippen molar-refractivity contribution in [2.24, 2.45) is 17.8 Å². The lowest BCUT2D eigenvalue weighted by Gasteiger charge is -2.32. The first-order valence-electron chi connectivity index (χ1n) is 11.0. The average Bonchev–Trinajstić information content (AvgIpc) is 3.09. The predicted molar refractivity (Wildman–Crippen MR) is 109 cm³/mol. The van der Waals surface area contributed by atoms with Crippen LogP contribution in [0.1, 0.15) is 75.8 Å². The van der Waals surface area contributed by atoms with Gasteiger partial charge in [-0.2, -0.15) is 0 Å². The van der Waals surface area contributed by atoms with Crippen LogP contribution in [0.15, 0.2) is 18.2 Å². The normalized spacial score (nSPS) is 23.6. The molecule has 0 radical (unpaired) electrons. The third-order valence-corrected chi connectivity index (χ3v) is 6.77. The summed E-state index contributed by atoms with van der Waals surface area (Å²) in [5.41, 5.74) is 2.77. The number of carbonyl (C=O) groups excluding carboxylic acids is 1. The van der Waals surface area contributed by atoms with E-state index >= 15 is 0 Å². The number of benzene rings is 1. The lowest BCUT2D eigenvalue weighted by atomic mass is 9.73. The molecule has 150 valence electrons. The zero-order valence-electron chi connectivity index (χ0n) is 17.2. The topological polar surface area (TPSA) is 35.5 Å². The predicted octanol–water partition coefficient (Wildman–Crippen LogP) is 5.73. The third-order valence-electron chi connectivity index (χ3n) is 6.77. The molecule has 1 aromatic carbocycles. The molecule has 3 nitrogen and oxygen atoms in total. The van der Waals surface area contributed by atoms with Gasteiger partial charge >= 0.3 is 5.97 Å². The van der Waals surface area contributed by atoms with Crippen molar-refractivity contribution in [3.8, 4) is 5.75 Å². The van der Waals surface area contributed by atoms with Crippen LogP contribution in [0.2, 0.25) is 0 Å². The Labute approximate surface area is 164 Å². The molecule has 0 aromatic heterocycles. The average molecular weight is 373 g/mol. The summed E-state index contributed by atoms with van der Waals surface area (Å²) in [5.74, 6) is 3.13. The van der Waals surface area contributed by atoms with Gasteiger partial charge < -0.3 is 9.47 Å². The Bertz CT molecular complexity index is 610. The van der Waals surface area contributed by atoms with E-state index in [1.165, 1.54) is 82.4 Å². The summed E-state index contributed by atoms with van der Waals surface area (Å²) in [6.45, 7) is 2.28. The van der Waals surface area contributed by atoms with Gasteiger partial charge in [-0.05, 0) is 60.6 Å². The van der Waals surface area contributed by atoms with Gasteiger partial charge in [0.05, 0.1) is 7.11 Å². The van der Waals surface area contributed by atoms with Gasteiger partial charge in [-0.25, -0.2) is 4.79 Å². The van der Waals surface area contributed by atoms with E-state index in [2.05, 4.69) is 19.1 Å². The smallest absolute Gasteiger partial charge is 0.343 e. The maximum absolute atomic E-state index is 11.4. The quantitative estimate of drug-likeness (QED) is 0.389. The van der Waals surface area contributed by atoms with Gasteiger partial charge in [0, 0.05) is 0 Å². The van der Waals surface area contributed by atoms with Crippen LogP contribution in [0.25, 0.3) is 0 Å². The Morgan fingerprint density at radius 2 is 1.89 bits per heavy atom. The van der Waals surface area contributed by atoms with E-state index in [9.17, 15) is 4.79 Å². The highest BCUT2D eigenvalue weighted by atomic mass is 16.6. The van der Waals surface area contributed by atoms with Crippen molar-refractivity contribution in [2.75, 3.05) is 13.7 Å². The van der Waals surface area contributed by atoms with Crippen LogP contribution >= 0.6 is 0 Å². The Kier molecular flexibility index (Phi) is 7.60. The molecule has 3 rings (SSSR count). The first-order chi connectivity index (χ1) is 13.2. The summed E-state index contributed by atoms with van der Waals surface area (Å²) in [4.78, 5) is 11.4. The first kappa shape index (κ1) is 20.2. The van der Waals surface area contributed by atoms with E-state index in [0.717, 1.165) is 29.9 Å². The molecule has 27 heavy (non-hydrogen) atoms. The molecule has 1 aromatic rings. The third kappa shape index (κ3) is 5.27. The number of hydrogen-bond donors (Lipinski definition) is 0. The van der Waals surface area contributed by atoms with Gasteiger partial charge in [0.15, 0.2) is 6.61 Å². The monoisotopic (exact) mass is 372 g/mol. The van der Waals surface area contributed by atoms with Crippen LogP contribution in [0.4, 0.5) is 0 Å². The maximum atomic E-state index is 11.4. The van der Waals surface area contributed by atoms with E-state index < -0.39 is 0 Å². The molecule has 1 saturated carbocycles. The van der Waals surface area contributed by atoms with Crippen LogP contribution < -0.4 is 4.74 Å². The lowest BCUT2D eigenvalue weighted by Crippen LogP contribution is -2.26. The van der Waals surface area contributed by atoms with Gasteiger partial charge in [0.25, 0.3) is 0 Å². The molecule has 0 aliphatic heterocycles. The van der Waals surface area contributed by atoms with Crippen LogP contribution in [-0.4, -0.2) is 19.7 Å². The van der Waals surface area contributed by atoms with Crippen molar-refractivity contribution in [2.45, 2.75) is 77.6 Å². The molecule has 0 saturated heterocycles. The summed E-state index contributed by atoms with van der Waals surface area (Å²) < 4.78 is 10.5. The van der Waals surface area contributed by atoms with E-state index in [1.54, 1.807) is 0 Å². The minimum absolute atomic E-state index is 0.00169. The second kappa shape index (κ2) is 10.1. The molecule has 1 fully saturated rings. The summed E-state index contributed by atoms with van der Waals surface area (Å²) >= 11 is 0. The minimum atomic E-state index is -0.318. The lowest BCUT2D eigenvalue weighted by molar-refractivity contribution is -0.142. The molecular weight excluding hydrogens is 336 g/mol. The first-order valence-corrected chi connectivity index (χ1v) is 11.0. The van der Waals surface area contributed by atoms with E-state index in [0.29, 0.717) is 0 Å². The molecule has 0 heterocycles. The largest absolute Gasteiger partial charge is 0.482 e. The Morgan fingerprint density at radius 3 is 2.70 bits per heavy atom. The van der Waals surface area contributed by atoms with Crippen molar-refractivity contribution in [3.05, 3.63) is 29.3 Å².